The molecule has 3 rings (SSSR count). The molecule has 66 valence electrons. The van der Waals surface area contributed by atoms with E-state index >= 15 is 0 Å². The van der Waals surface area contributed by atoms with E-state index in [1.165, 1.54) is 11.1 Å². The molecular formula is C11H11NO. The van der Waals surface area contributed by atoms with Crippen LogP contribution in [0, 0.1) is 0 Å². The Kier molecular flexibility index (Phi) is 1.18. The predicted molar refractivity (Wildman–Crippen MR) is 52.3 cm³/mol. The molecular weight excluding hydrogens is 162 g/mol. The van der Waals surface area contributed by atoms with Crippen LogP contribution < -0.4 is 5.73 Å². The number of epoxide rings is 1. The number of rotatable bonds is 0. The van der Waals surface area contributed by atoms with Crippen molar-refractivity contribution in [2.45, 2.75) is 18.6 Å². The first-order chi connectivity index (χ1) is 6.27. The molecule has 1 aromatic rings. The molecule has 13 heavy (non-hydrogen) atoms. The minimum atomic E-state index is 0.272. The lowest BCUT2D eigenvalue weighted by Crippen LogP contribution is -2.12. The minimum Gasteiger partial charge on any atom is -0.398 e. The van der Waals surface area contributed by atoms with Gasteiger partial charge in [0.25, 0.3) is 0 Å². The molecule has 2 N–H and O–H groups in total. The van der Waals surface area contributed by atoms with E-state index in [0.717, 1.165) is 17.7 Å². The van der Waals surface area contributed by atoms with Gasteiger partial charge in [0.15, 0.2) is 0 Å². The summed E-state index contributed by atoms with van der Waals surface area (Å²) in [6.45, 7) is 4.04. The van der Waals surface area contributed by atoms with E-state index in [9.17, 15) is 0 Å². The van der Waals surface area contributed by atoms with E-state index in [4.69, 9.17) is 10.5 Å². The van der Waals surface area contributed by atoms with Crippen molar-refractivity contribution in [3.8, 4) is 0 Å². The maximum atomic E-state index is 5.89. The van der Waals surface area contributed by atoms with Crippen LogP contribution in [-0.4, -0.2) is 12.2 Å². The summed E-state index contributed by atoms with van der Waals surface area (Å²) in [5.74, 6) is 0. The van der Waals surface area contributed by atoms with Crippen LogP contribution in [0.1, 0.15) is 11.1 Å². The van der Waals surface area contributed by atoms with E-state index in [2.05, 4.69) is 12.6 Å². The molecule has 2 nitrogen and oxygen atoms in total. The van der Waals surface area contributed by atoms with Crippen molar-refractivity contribution in [2.75, 3.05) is 5.73 Å². The molecule has 0 bridgehead atoms. The Morgan fingerprint density at radius 3 is 3.15 bits per heavy atom. The van der Waals surface area contributed by atoms with E-state index < -0.39 is 0 Å². The molecule has 1 aromatic carbocycles. The Balaban J connectivity index is 2.21. The first-order valence-electron chi connectivity index (χ1n) is 4.49. The van der Waals surface area contributed by atoms with E-state index in [0.29, 0.717) is 6.10 Å². The van der Waals surface area contributed by atoms with Gasteiger partial charge in [-0.1, -0.05) is 18.7 Å². The van der Waals surface area contributed by atoms with Crippen LogP contribution >= 0.6 is 0 Å². The summed E-state index contributed by atoms with van der Waals surface area (Å²) < 4.78 is 5.47. The fourth-order valence-electron chi connectivity index (χ4n) is 2.09. The third-order valence-electron chi connectivity index (χ3n) is 2.89. The number of nitrogen functional groups attached to an aromatic ring is 1. The van der Waals surface area contributed by atoms with Gasteiger partial charge in [-0.25, -0.2) is 0 Å². The van der Waals surface area contributed by atoms with Crippen molar-refractivity contribution in [3.05, 3.63) is 35.9 Å². The zero-order chi connectivity index (χ0) is 9.00. The van der Waals surface area contributed by atoms with Crippen molar-refractivity contribution < 1.29 is 4.74 Å². The second-order valence-electron chi connectivity index (χ2n) is 3.70. The third kappa shape index (κ3) is 0.864. The lowest BCUT2D eigenvalue weighted by Gasteiger charge is -2.16. The van der Waals surface area contributed by atoms with Gasteiger partial charge in [0.05, 0.1) is 6.10 Å². The van der Waals surface area contributed by atoms with E-state index in [1.54, 1.807) is 0 Å². The SMILES string of the molecule is C=C1c2cccc(N)c2CC2OC12. The normalized spacial score (nSPS) is 29.4. The topological polar surface area (TPSA) is 38.5 Å². The molecule has 2 atom stereocenters. The number of fused-ring (bicyclic) bond motifs is 2. The molecule has 1 fully saturated rings. The fraction of sp³-hybridized carbons (Fsp3) is 0.273. The fourth-order valence-corrected chi connectivity index (χ4v) is 2.09. The maximum Gasteiger partial charge on any atom is 0.110 e. The minimum absolute atomic E-state index is 0.272. The number of anilines is 1. The Labute approximate surface area is 77.0 Å². The second kappa shape index (κ2) is 2.15. The maximum absolute atomic E-state index is 5.89. The number of hydrogen-bond acceptors (Lipinski definition) is 2. The average molecular weight is 173 g/mol. The van der Waals surface area contributed by atoms with Gasteiger partial charge in [0.1, 0.15) is 6.10 Å². The Hall–Kier alpha value is -1.28. The van der Waals surface area contributed by atoms with Crippen LogP contribution in [0.5, 0.6) is 0 Å². The number of nitrogens with two attached hydrogens (primary N) is 1. The number of ether oxygens (including phenoxy) is 1. The van der Waals surface area contributed by atoms with Crippen molar-refractivity contribution >= 4 is 11.3 Å². The van der Waals surface area contributed by atoms with E-state index in [1.807, 2.05) is 12.1 Å². The lowest BCUT2D eigenvalue weighted by molar-refractivity contribution is 0.394. The van der Waals surface area contributed by atoms with Gasteiger partial charge in [0, 0.05) is 12.1 Å². The summed E-state index contributed by atoms with van der Waals surface area (Å²) in [4.78, 5) is 0. The first-order valence-corrected chi connectivity index (χ1v) is 4.49. The molecule has 1 aliphatic heterocycles. The van der Waals surface area contributed by atoms with Crippen molar-refractivity contribution in [1.29, 1.82) is 0 Å². The summed E-state index contributed by atoms with van der Waals surface area (Å²) in [6, 6.07) is 5.99. The lowest BCUT2D eigenvalue weighted by atomic mass is 9.87. The number of hydrogen-bond donors (Lipinski definition) is 1. The van der Waals surface area contributed by atoms with Crippen LogP contribution in [0.25, 0.3) is 5.57 Å². The quantitative estimate of drug-likeness (QED) is 0.478. The zero-order valence-corrected chi connectivity index (χ0v) is 7.29. The molecule has 0 radical (unpaired) electrons. The van der Waals surface area contributed by atoms with Gasteiger partial charge < -0.3 is 10.5 Å². The van der Waals surface area contributed by atoms with Crippen LogP contribution in [-0.2, 0) is 11.2 Å². The molecule has 0 spiro atoms. The van der Waals surface area contributed by atoms with Crippen LogP contribution in [0.4, 0.5) is 5.69 Å². The Morgan fingerprint density at radius 1 is 1.46 bits per heavy atom. The summed E-state index contributed by atoms with van der Waals surface area (Å²) in [5.41, 5.74) is 10.3. The molecule has 1 saturated heterocycles. The molecule has 1 aliphatic carbocycles. The standard InChI is InChI=1S/C11H11NO/c1-6-7-3-2-4-9(12)8(7)5-10-11(6)13-10/h2-4,10-11H,1,5,12H2. The van der Waals surface area contributed by atoms with Gasteiger partial charge in [-0.05, 0) is 22.8 Å². The summed E-state index contributed by atoms with van der Waals surface area (Å²) in [5, 5.41) is 0. The third-order valence-corrected chi connectivity index (χ3v) is 2.89. The van der Waals surface area contributed by atoms with Crippen molar-refractivity contribution in [3.63, 3.8) is 0 Å². The van der Waals surface area contributed by atoms with Crippen LogP contribution in [0.15, 0.2) is 24.8 Å². The number of benzene rings is 1. The summed E-state index contributed by atoms with van der Waals surface area (Å²) in [7, 11) is 0. The highest BCUT2D eigenvalue weighted by atomic mass is 16.6. The molecule has 1 heterocycles. The molecule has 2 unspecified atom stereocenters. The molecule has 0 saturated carbocycles. The average Bonchev–Trinajstić information content (AvgIpc) is 2.87. The van der Waals surface area contributed by atoms with Crippen LogP contribution in [0.2, 0.25) is 0 Å². The molecule has 0 aromatic heterocycles. The van der Waals surface area contributed by atoms with E-state index in [-0.39, 0.29) is 6.10 Å². The predicted octanol–water partition coefficient (Wildman–Crippen LogP) is 1.61. The Bertz CT molecular complexity index is 397. The summed E-state index contributed by atoms with van der Waals surface area (Å²) in [6.07, 6.45) is 1.57. The monoisotopic (exact) mass is 173 g/mol. The second-order valence-corrected chi connectivity index (χ2v) is 3.70. The van der Waals surface area contributed by atoms with Crippen molar-refractivity contribution in [2.24, 2.45) is 0 Å². The van der Waals surface area contributed by atoms with Crippen LogP contribution in [0.3, 0.4) is 0 Å². The van der Waals surface area contributed by atoms with Crippen molar-refractivity contribution in [1.82, 2.24) is 0 Å². The zero-order valence-electron chi connectivity index (χ0n) is 7.29. The van der Waals surface area contributed by atoms with Gasteiger partial charge in [-0.3, -0.25) is 0 Å². The smallest absolute Gasteiger partial charge is 0.110 e. The van der Waals surface area contributed by atoms with Gasteiger partial charge in [-0.15, -0.1) is 0 Å². The van der Waals surface area contributed by atoms with Gasteiger partial charge in [0.2, 0.25) is 0 Å². The highest BCUT2D eigenvalue weighted by Gasteiger charge is 2.45. The highest BCUT2D eigenvalue weighted by Crippen LogP contribution is 2.44. The Morgan fingerprint density at radius 2 is 2.31 bits per heavy atom. The first kappa shape index (κ1) is 7.15. The van der Waals surface area contributed by atoms with Gasteiger partial charge in [-0.2, -0.15) is 0 Å². The molecule has 0 amide bonds. The highest BCUT2D eigenvalue weighted by molar-refractivity contribution is 5.77. The molecule has 2 aliphatic rings. The largest absolute Gasteiger partial charge is 0.398 e. The van der Waals surface area contributed by atoms with Gasteiger partial charge >= 0.3 is 0 Å². The molecule has 2 heteroatoms. The summed E-state index contributed by atoms with van der Waals surface area (Å²) >= 11 is 0.